The number of hydrogen-bond acceptors (Lipinski definition) is 4. The van der Waals surface area contributed by atoms with E-state index in [2.05, 4.69) is 10.3 Å². The van der Waals surface area contributed by atoms with Gasteiger partial charge in [-0.05, 0) is 49.9 Å². The van der Waals surface area contributed by atoms with E-state index in [1.807, 2.05) is 12.1 Å². The summed E-state index contributed by atoms with van der Waals surface area (Å²) >= 11 is 0. The van der Waals surface area contributed by atoms with Gasteiger partial charge in [-0.1, -0.05) is 0 Å². The maximum Gasteiger partial charge on any atom is 0.245 e. The molecule has 3 heterocycles. The zero-order chi connectivity index (χ0) is 16.2. The second-order valence-electron chi connectivity index (χ2n) is 6.39. The molecule has 23 heavy (non-hydrogen) atoms. The van der Waals surface area contributed by atoms with Crippen LogP contribution >= 0.6 is 0 Å². The molecular formula is C17H24N4O2. The Balaban J connectivity index is 1.64. The lowest BCUT2D eigenvalue weighted by atomic mass is 10.1. The number of nitrogens with one attached hydrogen (secondary N) is 1. The maximum atomic E-state index is 12.8. The van der Waals surface area contributed by atoms with Gasteiger partial charge < -0.3 is 15.1 Å². The summed E-state index contributed by atoms with van der Waals surface area (Å²) in [5.74, 6) is 0.126. The molecule has 2 amide bonds. The second-order valence-corrected chi connectivity index (χ2v) is 6.39. The Bertz CT molecular complexity index is 557. The molecule has 2 aliphatic rings. The summed E-state index contributed by atoms with van der Waals surface area (Å²) in [7, 11) is 1.80. The highest BCUT2D eigenvalue weighted by Gasteiger charge is 2.38. The van der Waals surface area contributed by atoms with Gasteiger partial charge in [0.05, 0.1) is 6.04 Å². The van der Waals surface area contributed by atoms with Crippen LogP contribution in [0.15, 0.2) is 24.5 Å². The van der Waals surface area contributed by atoms with E-state index < -0.39 is 0 Å². The van der Waals surface area contributed by atoms with Crippen molar-refractivity contribution in [2.45, 2.75) is 44.3 Å². The first kappa shape index (κ1) is 15.9. The predicted octanol–water partition coefficient (Wildman–Crippen LogP) is 0.783. The van der Waals surface area contributed by atoms with Crippen molar-refractivity contribution in [3.8, 4) is 0 Å². The lowest BCUT2D eigenvalue weighted by Crippen LogP contribution is -2.51. The van der Waals surface area contributed by atoms with E-state index in [4.69, 9.17) is 0 Å². The van der Waals surface area contributed by atoms with Crippen LogP contribution in [0.4, 0.5) is 0 Å². The molecule has 1 N–H and O–H groups in total. The lowest BCUT2D eigenvalue weighted by molar-refractivity contribution is -0.144. The van der Waals surface area contributed by atoms with Gasteiger partial charge in [0.2, 0.25) is 11.8 Å². The highest BCUT2D eigenvalue weighted by Crippen LogP contribution is 2.22. The van der Waals surface area contributed by atoms with E-state index in [9.17, 15) is 9.59 Å². The summed E-state index contributed by atoms with van der Waals surface area (Å²) in [6.07, 6.45) is 7.03. The van der Waals surface area contributed by atoms with Crippen molar-refractivity contribution in [1.82, 2.24) is 20.1 Å². The first-order chi connectivity index (χ1) is 11.2. The molecule has 124 valence electrons. The molecule has 0 bridgehead atoms. The van der Waals surface area contributed by atoms with E-state index in [1.165, 1.54) is 0 Å². The third-order valence-corrected chi connectivity index (χ3v) is 4.72. The Morgan fingerprint density at radius 3 is 2.78 bits per heavy atom. The summed E-state index contributed by atoms with van der Waals surface area (Å²) in [5.41, 5.74) is 1.05. The van der Waals surface area contributed by atoms with Crippen LogP contribution in [0.5, 0.6) is 0 Å². The number of rotatable bonds is 4. The average molecular weight is 316 g/mol. The highest BCUT2D eigenvalue weighted by molar-refractivity contribution is 5.90. The molecule has 6 nitrogen and oxygen atoms in total. The van der Waals surface area contributed by atoms with Gasteiger partial charge in [-0.3, -0.25) is 14.6 Å². The quantitative estimate of drug-likeness (QED) is 0.892. The molecule has 0 spiro atoms. The van der Waals surface area contributed by atoms with Crippen molar-refractivity contribution in [3.05, 3.63) is 30.1 Å². The van der Waals surface area contributed by atoms with Gasteiger partial charge >= 0.3 is 0 Å². The SMILES string of the molecule is CN(Cc1ccncc1)C(=O)[C@@H]1CCCN1C(=O)[C@@H]1CCCN1. The van der Waals surface area contributed by atoms with Crippen LogP contribution in [-0.4, -0.2) is 58.8 Å². The fourth-order valence-corrected chi connectivity index (χ4v) is 3.48. The first-order valence-electron chi connectivity index (χ1n) is 8.34. The molecule has 0 radical (unpaired) electrons. The number of carbonyl (C=O) groups is 2. The molecule has 2 saturated heterocycles. The molecule has 2 aliphatic heterocycles. The van der Waals surface area contributed by atoms with Crippen LogP contribution in [0.2, 0.25) is 0 Å². The minimum absolute atomic E-state index is 0.0330. The topological polar surface area (TPSA) is 65.5 Å². The normalized spacial score (nSPS) is 24.0. The molecule has 0 aliphatic carbocycles. The largest absolute Gasteiger partial charge is 0.340 e. The van der Waals surface area contributed by atoms with Crippen LogP contribution in [0, 0.1) is 0 Å². The van der Waals surface area contributed by atoms with Crippen molar-refractivity contribution < 1.29 is 9.59 Å². The molecule has 3 rings (SSSR count). The summed E-state index contributed by atoms with van der Waals surface area (Å²) < 4.78 is 0. The highest BCUT2D eigenvalue weighted by atomic mass is 16.2. The Morgan fingerprint density at radius 2 is 2.09 bits per heavy atom. The summed E-state index contributed by atoms with van der Waals surface area (Å²) in [5, 5.41) is 3.24. The van der Waals surface area contributed by atoms with Gasteiger partial charge in [0.25, 0.3) is 0 Å². The number of likely N-dealkylation sites (N-methyl/N-ethyl adjacent to an activating group) is 1. The second kappa shape index (κ2) is 7.08. The van der Waals surface area contributed by atoms with Crippen LogP contribution in [0.25, 0.3) is 0 Å². The number of nitrogens with zero attached hydrogens (tertiary/aromatic N) is 3. The molecular weight excluding hydrogens is 292 g/mol. The van der Waals surface area contributed by atoms with Crippen molar-refractivity contribution in [2.24, 2.45) is 0 Å². The van der Waals surface area contributed by atoms with Crippen LogP contribution in [0.3, 0.4) is 0 Å². The standard InChI is InChI=1S/C17H24N4O2/c1-20(12-13-6-9-18-10-7-13)17(23)15-5-3-11-21(15)16(22)14-4-2-8-19-14/h6-7,9-10,14-15,19H,2-5,8,11-12H2,1H3/t14-,15-/m0/s1. The number of likely N-dealkylation sites (tertiary alicyclic amines) is 1. The van der Waals surface area contributed by atoms with Crippen molar-refractivity contribution >= 4 is 11.8 Å². The van der Waals surface area contributed by atoms with Crippen LogP contribution in [-0.2, 0) is 16.1 Å². The van der Waals surface area contributed by atoms with Crippen molar-refractivity contribution in [2.75, 3.05) is 20.1 Å². The molecule has 6 heteroatoms. The molecule has 1 aromatic rings. The van der Waals surface area contributed by atoms with Gasteiger partial charge in [0.15, 0.2) is 0 Å². The molecule has 1 aromatic heterocycles. The summed E-state index contributed by atoms with van der Waals surface area (Å²) in [6.45, 7) is 2.13. The van der Waals surface area contributed by atoms with Crippen molar-refractivity contribution in [3.63, 3.8) is 0 Å². The number of aromatic nitrogens is 1. The van der Waals surface area contributed by atoms with Crippen LogP contribution < -0.4 is 5.32 Å². The first-order valence-corrected chi connectivity index (χ1v) is 8.34. The molecule has 0 unspecified atom stereocenters. The summed E-state index contributed by atoms with van der Waals surface area (Å²) in [4.78, 5) is 32.9. The van der Waals surface area contributed by atoms with E-state index in [1.54, 1.807) is 29.2 Å². The summed E-state index contributed by atoms with van der Waals surface area (Å²) in [6, 6.07) is 3.40. The zero-order valence-electron chi connectivity index (χ0n) is 13.6. The van der Waals surface area contributed by atoms with E-state index in [0.29, 0.717) is 13.1 Å². The number of hydrogen-bond donors (Lipinski definition) is 1. The molecule has 2 atom stereocenters. The Hall–Kier alpha value is -1.95. The van der Waals surface area contributed by atoms with Gasteiger partial charge in [-0.25, -0.2) is 0 Å². The number of carbonyl (C=O) groups excluding carboxylic acids is 2. The average Bonchev–Trinajstić information content (AvgIpc) is 3.26. The number of pyridine rings is 1. The third kappa shape index (κ3) is 3.52. The predicted molar refractivity (Wildman–Crippen MR) is 86.5 cm³/mol. The Kier molecular flexibility index (Phi) is 4.91. The van der Waals surface area contributed by atoms with E-state index in [-0.39, 0.29) is 23.9 Å². The fraction of sp³-hybridized carbons (Fsp3) is 0.588. The van der Waals surface area contributed by atoms with E-state index in [0.717, 1.165) is 37.8 Å². The fourth-order valence-electron chi connectivity index (χ4n) is 3.48. The molecule has 2 fully saturated rings. The number of amides is 2. The van der Waals surface area contributed by atoms with E-state index >= 15 is 0 Å². The smallest absolute Gasteiger partial charge is 0.245 e. The molecule has 0 saturated carbocycles. The van der Waals surface area contributed by atoms with Crippen molar-refractivity contribution in [1.29, 1.82) is 0 Å². The monoisotopic (exact) mass is 316 g/mol. The van der Waals surface area contributed by atoms with Gasteiger partial charge in [0, 0.05) is 32.5 Å². The van der Waals surface area contributed by atoms with Gasteiger partial charge in [-0.15, -0.1) is 0 Å². The Labute approximate surface area is 136 Å². The molecule has 0 aromatic carbocycles. The van der Waals surface area contributed by atoms with Gasteiger partial charge in [-0.2, -0.15) is 0 Å². The van der Waals surface area contributed by atoms with Crippen LogP contribution in [0.1, 0.15) is 31.2 Å². The third-order valence-electron chi connectivity index (χ3n) is 4.72. The Morgan fingerprint density at radius 1 is 1.30 bits per heavy atom. The van der Waals surface area contributed by atoms with Gasteiger partial charge in [0.1, 0.15) is 6.04 Å². The lowest BCUT2D eigenvalue weighted by Gasteiger charge is -2.29. The maximum absolute atomic E-state index is 12.8. The minimum Gasteiger partial charge on any atom is -0.340 e. The zero-order valence-corrected chi connectivity index (χ0v) is 13.6. The minimum atomic E-state index is -0.309.